The van der Waals surface area contributed by atoms with Gasteiger partial charge in [-0.3, -0.25) is 4.79 Å². The van der Waals surface area contributed by atoms with Crippen LogP contribution in [-0.2, 0) is 0 Å². The summed E-state index contributed by atoms with van der Waals surface area (Å²) in [5.74, 6) is -0.776. The highest BCUT2D eigenvalue weighted by Gasteiger charge is 2.30. The minimum absolute atomic E-state index is 0.0297. The van der Waals surface area contributed by atoms with Crippen LogP contribution in [0.1, 0.15) is 28.3 Å². The molecule has 4 rings (SSSR count). The van der Waals surface area contributed by atoms with E-state index in [0.29, 0.717) is 24.4 Å². The van der Waals surface area contributed by atoms with Crippen molar-refractivity contribution in [2.75, 3.05) is 17.6 Å². The predicted octanol–water partition coefficient (Wildman–Crippen LogP) is 3.21. The first-order chi connectivity index (χ1) is 12.5. The second-order valence-corrected chi connectivity index (χ2v) is 6.41. The zero-order valence-electron chi connectivity index (χ0n) is 14.2. The van der Waals surface area contributed by atoms with Crippen molar-refractivity contribution in [3.63, 3.8) is 0 Å². The molecular weight excluding hydrogens is 333 g/mol. The van der Waals surface area contributed by atoms with E-state index in [-0.39, 0.29) is 17.7 Å². The van der Waals surface area contributed by atoms with Crippen LogP contribution in [0.25, 0.3) is 11.4 Å². The van der Waals surface area contributed by atoms with Gasteiger partial charge in [0.1, 0.15) is 5.82 Å². The molecule has 1 atom stereocenters. The van der Waals surface area contributed by atoms with Crippen molar-refractivity contribution in [3.8, 4) is 11.4 Å². The van der Waals surface area contributed by atoms with E-state index >= 15 is 0 Å². The first kappa shape index (κ1) is 16.3. The standard InChI is InChI=1S/C19H18FN5O/c1-11-2-4-12(5-3-11)17-23-19(21)25(24-17)18(26)14-8-9-22-16-7-6-13(20)10-15(14)16/h2-7,10,14,22H,8-9H2,1H3,(H2,21,23,24). The Morgan fingerprint density at radius 2 is 2.04 bits per heavy atom. The zero-order chi connectivity index (χ0) is 18.3. The Bertz CT molecular complexity index is 980. The molecule has 1 aromatic heterocycles. The van der Waals surface area contributed by atoms with Crippen molar-refractivity contribution in [2.24, 2.45) is 0 Å². The monoisotopic (exact) mass is 351 g/mol. The number of carbonyl (C=O) groups is 1. The van der Waals surface area contributed by atoms with Gasteiger partial charge < -0.3 is 11.1 Å². The van der Waals surface area contributed by atoms with Crippen LogP contribution < -0.4 is 11.1 Å². The summed E-state index contributed by atoms with van der Waals surface area (Å²) >= 11 is 0. The molecule has 1 unspecified atom stereocenters. The van der Waals surface area contributed by atoms with E-state index in [2.05, 4.69) is 15.4 Å². The fraction of sp³-hybridized carbons (Fsp3) is 0.211. The first-order valence-electron chi connectivity index (χ1n) is 8.40. The van der Waals surface area contributed by atoms with Crippen LogP contribution in [0, 0.1) is 12.7 Å². The van der Waals surface area contributed by atoms with Crippen molar-refractivity contribution in [1.29, 1.82) is 0 Å². The van der Waals surface area contributed by atoms with Crippen LogP contribution in [-0.4, -0.2) is 27.2 Å². The van der Waals surface area contributed by atoms with Crippen LogP contribution in [0.4, 0.5) is 16.0 Å². The van der Waals surface area contributed by atoms with Gasteiger partial charge in [0.05, 0.1) is 5.92 Å². The minimum atomic E-state index is -0.517. The van der Waals surface area contributed by atoms with E-state index in [4.69, 9.17) is 5.73 Å². The van der Waals surface area contributed by atoms with Gasteiger partial charge in [-0.05, 0) is 37.1 Å². The molecule has 3 aromatic rings. The van der Waals surface area contributed by atoms with Gasteiger partial charge in [0.2, 0.25) is 5.95 Å². The van der Waals surface area contributed by atoms with E-state index in [1.54, 1.807) is 6.07 Å². The maximum atomic E-state index is 13.7. The van der Waals surface area contributed by atoms with Crippen molar-refractivity contribution in [2.45, 2.75) is 19.3 Å². The fourth-order valence-corrected chi connectivity index (χ4v) is 3.20. The molecule has 2 heterocycles. The number of nitrogens with zero attached hydrogens (tertiary/aromatic N) is 3. The first-order valence-corrected chi connectivity index (χ1v) is 8.40. The fourth-order valence-electron chi connectivity index (χ4n) is 3.20. The topological polar surface area (TPSA) is 85.8 Å². The number of nitrogens with two attached hydrogens (primary N) is 1. The third-order valence-corrected chi connectivity index (χ3v) is 4.59. The minimum Gasteiger partial charge on any atom is -0.385 e. The highest BCUT2D eigenvalue weighted by molar-refractivity contribution is 5.89. The summed E-state index contributed by atoms with van der Waals surface area (Å²) in [4.78, 5) is 17.2. The molecule has 7 heteroatoms. The summed E-state index contributed by atoms with van der Waals surface area (Å²) in [6.07, 6.45) is 0.536. The molecule has 0 saturated carbocycles. The van der Waals surface area contributed by atoms with Crippen molar-refractivity contribution >= 4 is 17.5 Å². The van der Waals surface area contributed by atoms with E-state index in [0.717, 1.165) is 21.5 Å². The number of benzene rings is 2. The molecule has 0 aliphatic carbocycles. The largest absolute Gasteiger partial charge is 0.385 e. The summed E-state index contributed by atoms with van der Waals surface area (Å²) in [6.45, 7) is 2.61. The Labute approximate surface area is 149 Å². The van der Waals surface area contributed by atoms with Crippen LogP contribution in [0.5, 0.6) is 0 Å². The number of nitrogens with one attached hydrogen (secondary N) is 1. The summed E-state index contributed by atoms with van der Waals surface area (Å²) in [5.41, 5.74) is 9.22. The number of hydrogen-bond acceptors (Lipinski definition) is 5. The SMILES string of the molecule is Cc1ccc(-c2nc(N)n(C(=O)C3CCNc4ccc(F)cc43)n2)cc1. The predicted molar refractivity (Wildman–Crippen MR) is 97.5 cm³/mol. The number of aryl methyl sites for hydroxylation is 1. The quantitative estimate of drug-likeness (QED) is 0.740. The second kappa shape index (κ2) is 6.25. The Morgan fingerprint density at radius 3 is 2.81 bits per heavy atom. The summed E-state index contributed by atoms with van der Waals surface area (Å²) in [5, 5.41) is 7.48. The van der Waals surface area contributed by atoms with E-state index in [1.165, 1.54) is 12.1 Å². The van der Waals surface area contributed by atoms with Crippen LogP contribution in [0.2, 0.25) is 0 Å². The molecule has 6 nitrogen and oxygen atoms in total. The van der Waals surface area contributed by atoms with Crippen LogP contribution in [0.15, 0.2) is 42.5 Å². The molecule has 3 N–H and O–H groups in total. The number of halogens is 1. The Balaban J connectivity index is 1.70. The maximum Gasteiger partial charge on any atom is 0.257 e. The summed E-state index contributed by atoms with van der Waals surface area (Å²) in [6, 6.07) is 12.1. The molecular formula is C19H18FN5O. The molecule has 1 aliphatic rings. The molecule has 26 heavy (non-hydrogen) atoms. The molecule has 0 saturated heterocycles. The van der Waals surface area contributed by atoms with Gasteiger partial charge in [-0.2, -0.15) is 9.67 Å². The molecule has 132 valence electrons. The number of carbonyl (C=O) groups excluding carboxylic acids is 1. The molecule has 0 radical (unpaired) electrons. The second-order valence-electron chi connectivity index (χ2n) is 6.41. The van der Waals surface area contributed by atoms with Gasteiger partial charge in [-0.15, -0.1) is 5.10 Å². The normalized spacial score (nSPS) is 16.0. The molecule has 0 spiro atoms. The number of rotatable bonds is 2. The van der Waals surface area contributed by atoms with Gasteiger partial charge >= 0.3 is 0 Å². The van der Waals surface area contributed by atoms with Gasteiger partial charge in [-0.25, -0.2) is 4.39 Å². The Kier molecular flexibility index (Phi) is 3.91. The summed E-state index contributed by atoms with van der Waals surface area (Å²) < 4.78 is 14.8. The van der Waals surface area contributed by atoms with Crippen molar-refractivity contribution in [1.82, 2.24) is 14.8 Å². The number of anilines is 2. The lowest BCUT2D eigenvalue weighted by Gasteiger charge is -2.25. The smallest absolute Gasteiger partial charge is 0.257 e. The molecule has 0 bridgehead atoms. The highest BCUT2D eigenvalue weighted by atomic mass is 19.1. The van der Waals surface area contributed by atoms with Crippen molar-refractivity contribution < 1.29 is 9.18 Å². The third-order valence-electron chi connectivity index (χ3n) is 4.59. The molecule has 2 aromatic carbocycles. The van der Waals surface area contributed by atoms with Crippen LogP contribution in [0.3, 0.4) is 0 Å². The molecule has 1 aliphatic heterocycles. The van der Waals surface area contributed by atoms with Crippen LogP contribution >= 0.6 is 0 Å². The average molecular weight is 351 g/mol. The van der Waals surface area contributed by atoms with Gasteiger partial charge in [0.15, 0.2) is 5.82 Å². The van der Waals surface area contributed by atoms with Gasteiger partial charge in [0.25, 0.3) is 5.91 Å². The third kappa shape index (κ3) is 2.81. The number of fused-ring (bicyclic) bond motifs is 1. The Morgan fingerprint density at radius 1 is 1.27 bits per heavy atom. The molecule has 0 amide bonds. The molecule has 0 fully saturated rings. The number of nitrogen functional groups attached to an aromatic ring is 1. The average Bonchev–Trinajstić information content (AvgIpc) is 3.03. The van der Waals surface area contributed by atoms with Gasteiger partial charge in [-0.1, -0.05) is 29.8 Å². The van der Waals surface area contributed by atoms with Crippen molar-refractivity contribution in [3.05, 3.63) is 59.4 Å². The van der Waals surface area contributed by atoms with E-state index in [1.807, 2.05) is 31.2 Å². The lowest BCUT2D eigenvalue weighted by molar-refractivity contribution is 0.0859. The highest BCUT2D eigenvalue weighted by Crippen LogP contribution is 2.33. The maximum absolute atomic E-state index is 13.7. The summed E-state index contributed by atoms with van der Waals surface area (Å²) in [7, 11) is 0. The zero-order valence-corrected chi connectivity index (χ0v) is 14.2. The van der Waals surface area contributed by atoms with E-state index in [9.17, 15) is 9.18 Å². The Hall–Kier alpha value is -3.22. The van der Waals surface area contributed by atoms with Gasteiger partial charge in [0, 0.05) is 17.8 Å². The van der Waals surface area contributed by atoms with E-state index < -0.39 is 5.92 Å². The number of aromatic nitrogens is 3. The lowest BCUT2D eigenvalue weighted by Crippen LogP contribution is -2.28. The number of hydrogen-bond donors (Lipinski definition) is 2. The lowest BCUT2D eigenvalue weighted by atomic mass is 9.90.